The molecule has 1 aliphatic heterocycles. The van der Waals surface area contributed by atoms with E-state index in [1.54, 1.807) is 18.7 Å². The van der Waals surface area contributed by atoms with Crippen molar-refractivity contribution in [3.63, 3.8) is 0 Å². The van der Waals surface area contributed by atoms with Gasteiger partial charge in [0.25, 0.3) is 5.91 Å². The largest absolute Gasteiger partial charge is 0.369 e. The molecule has 1 fully saturated rings. The number of hydrogen-bond acceptors (Lipinski definition) is 3. The van der Waals surface area contributed by atoms with Crippen molar-refractivity contribution >= 4 is 5.91 Å². The standard InChI is InChI=1S/C19H23F2N3O2/c1-11-9-23(10-19(4,5)26-11)18(25)17-12(2)22-24(13(17)3)16-7-6-14(20)8-15(16)21/h6-8,11H,9-10H2,1-5H3/t11-/m1/s1. The summed E-state index contributed by atoms with van der Waals surface area (Å²) in [5.74, 6) is -1.54. The van der Waals surface area contributed by atoms with Crippen molar-refractivity contribution in [1.82, 2.24) is 14.7 Å². The zero-order valence-corrected chi connectivity index (χ0v) is 15.6. The maximum absolute atomic E-state index is 14.2. The van der Waals surface area contributed by atoms with Crippen LogP contribution in [0.3, 0.4) is 0 Å². The highest BCUT2D eigenvalue weighted by Crippen LogP contribution is 2.26. The highest BCUT2D eigenvalue weighted by atomic mass is 19.1. The Morgan fingerprint density at radius 3 is 2.62 bits per heavy atom. The van der Waals surface area contributed by atoms with E-state index in [4.69, 9.17) is 4.74 Å². The summed E-state index contributed by atoms with van der Waals surface area (Å²) >= 11 is 0. The van der Waals surface area contributed by atoms with Crippen molar-refractivity contribution in [3.8, 4) is 5.69 Å². The fourth-order valence-corrected chi connectivity index (χ4v) is 3.61. The molecule has 1 aliphatic rings. The van der Waals surface area contributed by atoms with Gasteiger partial charge in [-0.15, -0.1) is 0 Å². The van der Waals surface area contributed by atoms with E-state index in [0.717, 1.165) is 6.07 Å². The minimum absolute atomic E-state index is 0.0760. The Hall–Kier alpha value is -2.28. The molecule has 2 aromatic rings. The van der Waals surface area contributed by atoms with Crippen molar-refractivity contribution in [2.45, 2.75) is 46.3 Å². The van der Waals surface area contributed by atoms with Crippen LogP contribution in [0.4, 0.5) is 8.78 Å². The Labute approximate surface area is 151 Å². The first kappa shape index (κ1) is 18.5. The Bertz CT molecular complexity index is 861. The maximum Gasteiger partial charge on any atom is 0.257 e. The average molecular weight is 363 g/mol. The van der Waals surface area contributed by atoms with Gasteiger partial charge in [0, 0.05) is 19.2 Å². The number of morpholine rings is 1. The van der Waals surface area contributed by atoms with E-state index >= 15 is 0 Å². The van der Waals surface area contributed by atoms with Gasteiger partial charge in [-0.05, 0) is 46.8 Å². The summed E-state index contributed by atoms with van der Waals surface area (Å²) in [4.78, 5) is 14.9. The predicted molar refractivity (Wildman–Crippen MR) is 93.5 cm³/mol. The Morgan fingerprint density at radius 1 is 1.31 bits per heavy atom. The van der Waals surface area contributed by atoms with E-state index in [-0.39, 0.29) is 17.7 Å². The van der Waals surface area contributed by atoms with Crippen molar-refractivity contribution in [2.24, 2.45) is 0 Å². The predicted octanol–water partition coefficient (Wildman–Crippen LogP) is 3.41. The molecule has 1 aromatic carbocycles. The second-order valence-electron chi connectivity index (χ2n) is 7.43. The molecule has 0 aliphatic carbocycles. The normalized spacial score (nSPS) is 19.7. The van der Waals surface area contributed by atoms with Gasteiger partial charge in [0.1, 0.15) is 11.5 Å². The molecule has 26 heavy (non-hydrogen) atoms. The van der Waals surface area contributed by atoms with Crippen LogP contribution < -0.4 is 0 Å². The fourth-order valence-electron chi connectivity index (χ4n) is 3.61. The lowest BCUT2D eigenvalue weighted by molar-refractivity contribution is -0.118. The first-order chi connectivity index (χ1) is 12.1. The van der Waals surface area contributed by atoms with Crippen LogP contribution in [-0.2, 0) is 4.74 Å². The topological polar surface area (TPSA) is 47.4 Å². The number of benzene rings is 1. The number of rotatable bonds is 2. The summed E-state index contributed by atoms with van der Waals surface area (Å²) in [7, 11) is 0. The second kappa shape index (κ2) is 6.46. The third-order valence-corrected chi connectivity index (χ3v) is 4.50. The van der Waals surface area contributed by atoms with Gasteiger partial charge in [0.15, 0.2) is 5.82 Å². The fraction of sp³-hybridized carbons (Fsp3) is 0.474. The number of halogens is 2. The first-order valence-corrected chi connectivity index (χ1v) is 8.58. The quantitative estimate of drug-likeness (QED) is 0.822. The monoisotopic (exact) mass is 363 g/mol. The Kier molecular flexibility index (Phi) is 4.60. The number of aromatic nitrogens is 2. The smallest absolute Gasteiger partial charge is 0.257 e. The maximum atomic E-state index is 14.2. The highest BCUT2D eigenvalue weighted by molar-refractivity contribution is 5.96. The van der Waals surface area contributed by atoms with Gasteiger partial charge >= 0.3 is 0 Å². The van der Waals surface area contributed by atoms with Crippen LogP contribution in [0.1, 0.15) is 42.5 Å². The minimum Gasteiger partial charge on any atom is -0.369 e. The molecule has 1 atom stereocenters. The molecule has 0 spiro atoms. The van der Waals surface area contributed by atoms with Crippen molar-refractivity contribution < 1.29 is 18.3 Å². The molecule has 1 aromatic heterocycles. The lowest BCUT2D eigenvalue weighted by Gasteiger charge is -2.41. The molecule has 2 heterocycles. The molecule has 140 valence electrons. The summed E-state index contributed by atoms with van der Waals surface area (Å²) < 4.78 is 34.5. The molecule has 7 heteroatoms. The number of carbonyl (C=O) groups excluding carboxylic acids is 1. The molecule has 0 N–H and O–H groups in total. The van der Waals surface area contributed by atoms with Crippen LogP contribution >= 0.6 is 0 Å². The number of aryl methyl sites for hydroxylation is 1. The molecule has 0 unspecified atom stereocenters. The third kappa shape index (κ3) is 3.35. The molecular formula is C19H23F2N3O2. The van der Waals surface area contributed by atoms with Gasteiger partial charge in [-0.2, -0.15) is 5.10 Å². The van der Waals surface area contributed by atoms with E-state index in [9.17, 15) is 13.6 Å². The molecule has 1 amide bonds. The van der Waals surface area contributed by atoms with Crippen LogP contribution in [0.5, 0.6) is 0 Å². The summed E-state index contributed by atoms with van der Waals surface area (Å²) in [6.07, 6.45) is -0.0760. The third-order valence-electron chi connectivity index (χ3n) is 4.50. The lowest BCUT2D eigenvalue weighted by atomic mass is 10.0. The van der Waals surface area contributed by atoms with Crippen LogP contribution in [0, 0.1) is 25.5 Å². The summed E-state index contributed by atoms with van der Waals surface area (Å²) in [6.45, 7) is 10.2. The Morgan fingerprint density at radius 2 is 2.00 bits per heavy atom. The number of carbonyl (C=O) groups is 1. The van der Waals surface area contributed by atoms with Crippen molar-refractivity contribution in [3.05, 3.63) is 46.8 Å². The SMILES string of the molecule is Cc1nn(-c2ccc(F)cc2F)c(C)c1C(=O)N1C[C@@H](C)OC(C)(C)C1. The van der Waals surface area contributed by atoms with Gasteiger partial charge in [0.2, 0.25) is 0 Å². The molecule has 3 rings (SSSR count). The average Bonchev–Trinajstić information content (AvgIpc) is 2.79. The van der Waals surface area contributed by atoms with Crippen LogP contribution in [0.25, 0.3) is 5.69 Å². The van der Waals surface area contributed by atoms with E-state index < -0.39 is 17.2 Å². The van der Waals surface area contributed by atoms with Gasteiger partial charge in [-0.1, -0.05) is 0 Å². The summed E-state index contributed by atoms with van der Waals surface area (Å²) in [5, 5.41) is 4.32. The molecule has 5 nitrogen and oxygen atoms in total. The van der Waals surface area contributed by atoms with Crippen molar-refractivity contribution in [2.75, 3.05) is 13.1 Å². The molecular weight excluding hydrogens is 340 g/mol. The number of amides is 1. The lowest BCUT2D eigenvalue weighted by Crippen LogP contribution is -2.53. The van der Waals surface area contributed by atoms with Crippen LogP contribution in [-0.4, -0.2) is 45.4 Å². The van der Waals surface area contributed by atoms with Gasteiger partial charge < -0.3 is 9.64 Å². The van der Waals surface area contributed by atoms with Gasteiger partial charge in [-0.25, -0.2) is 13.5 Å². The molecule has 0 radical (unpaired) electrons. The molecule has 0 saturated carbocycles. The van der Waals surface area contributed by atoms with Crippen molar-refractivity contribution in [1.29, 1.82) is 0 Å². The van der Waals surface area contributed by atoms with E-state index in [0.29, 0.717) is 30.0 Å². The van der Waals surface area contributed by atoms with E-state index in [2.05, 4.69) is 5.10 Å². The summed E-state index contributed by atoms with van der Waals surface area (Å²) in [5.41, 5.74) is 1.15. The van der Waals surface area contributed by atoms with Gasteiger partial charge in [0.05, 0.1) is 28.7 Å². The molecule has 1 saturated heterocycles. The molecule has 0 bridgehead atoms. The first-order valence-electron chi connectivity index (χ1n) is 8.58. The number of hydrogen-bond donors (Lipinski definition) is 0. The zero-order valence-electron chi connectivity index (χ0n) is 15.6. The van der Waals surface area contributed by atoms with E-state index in [1.165, 1.54) is 16.8 Å². The van der Waals surface area contributed by atoms with Crippen LogP contribution in [0.15, 0.2) is 18.2 Å². The number of nitrogens with zero attached hydrogens (tertiary/aromatic N) is 3. The zero-order chi connectivity index (χ0) is 19.2. The minimum atomic E-state index is -0.726. The van der Waals surface area contributed by atoms with E-state index in [1.807, 2.05) is 20.8 Å². The van der Waals surface area contributed by atoms with Gasteiger partial charge in [-0.3, -0.25) is 4.79 Å². The summed E-state index contributed by atoms with van der Waals surface area (Å²) in [6, 6.07) is 3.29. The van der Waals surface area contributed by atoms with Crippen LogP contribution in [0.2, 0.25) is 0 Å². The Balaban J connectivity index is 1.99. The second-order valence-corrected chi connectivity index (χ2v) is 7.43. The number of ether oxygens (including phenoxy) is 1. The highest BCUT2D eigenvalue weighted by Gasteiger charge is 2.35.